The number of anilines is 2. The van der Waals surface area contributed by atoms with Crippen LogP contribution in [0.1, 0.15) is 35.2 Å². The molecule has 6 rings (SSSR count). The third kappa shape index (κ3) is 5.78. The molecule has 3 aromatic carbocycles. The second-order valence-corrected chi connectivity index (χ2v) is 10.9. The normalized spacial score (nSPS) is 15.5. The van der Waals surface area contributed by atoms with Gasteiger partial charge in [0.25, 0.3) is 11.5 Å². The van der Waals surface area contributed by atoms with E-state index < -0.39 is 0 Å². The Balaban J connectivity index is 1.42. The summed E-state index contributed by atoms with van der Waals surface area (Å²) < 4.78 is 6.85. The van der Waals surface area contributed by atoms with Gasteiger partial charge in [0, 0.05) is 42.7 Å². The molecule has 9 heteroatoms. The number of carbonyl (C=O) groups excluding carboxylic acids is 2. The summed E-state index contributed by atoms with van der Waals surface area (Å²) in [6.45, 7) is 5.92. The molecule has 2 aliphatic heterocycles. The zero-order chi connectivity index (χ0) is 29.1. The Bertz CT molecular complexity index is 1670. The third-order valence-electron chi connectivity index (χ3n) is 8.05. The van der Waals surface area contributed by atoms with Crippen molar-refractivity contribution in [3.8, 4) is 11.3 Å². The minimum atomic E-state index is -0.294. The lowest BCUT2D eigenvalue weighted by atomic mass is 10.0. The molecule has 4 aromatic rings. The fourth-order valence-corrected chi connectivity index (χ4v) is 5.69. The van der Waals surface area contributed by atoms with Crippen molar-refractivity contribution in [2.75, 3.05) is 49.6 Å². The minimum absolute atomic E-state index is 0.0979. The predicted octanol–water partition coefficient (Wildman–Crippen LogP) is 4.47. The standard InChI is InChI=1S/C33H35N5O4/c1-23-9-11-24(12-10-23)32(40)34-28-21-25(13-14-29(28)36-17-19-42-20-18-36)31-26-7-3-4-8-27(26)33(41)38(35-31)22-30(39)37-15-5-2-6-16-37/h3-4,7-14,21H,2,5-6,15-20,22H2,1H3,(H,34,40). The number of rotatable bonds is 6. The molecular weight excluding hydrogens is 530 g/mol. The molecule has 2 fully saturated rings. The average molecular weight is 566 g/mol. The van der Waals surface area contributed by atoms with Crippen LogP contribution in [0.4, 0.5) is 11.4 Å². The molecule has 0 saturated carbocycles. The highest BCUT2D eigenvalue weighted by Crippen LogP contribution is 2.34. The number of nitrogens with one attached hydrogen (secondary N) is 1. The van der Waals surface area contributed by atoms with E-state index in [1.54, 1.807) is 6.07 Å². The van der Waals surface area contributed by atoms with Gasteiger partial charge < -0.3 is 19.9 Å². The molecule has 0 bridgehead atoms. The molecule has 2 amide bonds. The summed E-state index contributed by atoms with van der Waals surface area (Å²) in [4.78, 5) is 43.9. The van der Waals surface area contributed by atoms with E-state index in [1.165, 1.54) is 4.68 Å². The average Bonchev–Trinajstić information content (AvgIpc) is 3.03. The van der Waals surface area contributed by atoms with E-state index in [2.05, 4.69) is 10.2 Å². The van der Waals surface area contributed by atoms with Crippen LogP contribution in [0.3, 0.4) is 0 Å². The number of nitrogens with zero attached hydrogens (tertiary/aromatic N) is 4. The van der Waals surface area contributed by atoms with Crippen molar-refractivity contribution in [2.24, 2.45) is 0 Å². The molecule has 2 saturated heterocycles. The van der Waals surface area contributed by atoms with Crippen LogP contribution in [0.25, 0.3) is 22.0 Å². The maximum atomic E-state index is 13.4. The number of aromatic nitrogens is 2. The Morgan fingerprint density at radius 1 is 0.881 bits per heavy atom. The fraction of sp³-hybridized carbons (Fsp3) is 0.333. The van der Waals surface area contributed by atoms with Gasteiger partial charge in [-0.1, -0.05) is 42.0 Å². The molecular formula is C33H35N5O4. The lowest BCUT2D eigenvalue weighted by Crippen LogP contribution is -2.40. The first-order valence-electron chi connectivity index (χ1n) is 14.6. The molecule has 0 aliphatic carbocycles. The lowest BCUT2D eigenvalue weighted by molar-refractivity contribution is -0.133. The van der Waals surface area contributed by atoms with Gasteiger partial charge >= 0.3 is 0 Å². The molecule has 2 aliphatic rings. The number of ether oxygens (including phenoxy) is 1. The topological polar surface area (TPSA) is 96.8 Å². The number of benzene rings is 3. The Labute approximate surface area is 244 Å². The summed E-state index contributed by atoms with van der Waals surface area (Å²) in [7, 11) is 0. The van der Waals surface area contributed by atoms with E-state index in [-0.39, 0.29) is 23.9 Å². The van der Waals surface area contributed by atoms with Crippen LogP contribution in [-0.2, 0) is 16.1 Å². The van der Waals surface area contributed by atoms with Gasteiger partial charge in [-0.2, -0.15) is 5.10 Å². The number of fused-ring (bicyclic) bond motifs is 1. The van der Waals surface area contributed by atoms with Gasteiger partial charge in [0.15, 0.2) is 0 Å². The van der Waals surface area contributed by atoms with E-state index >= 15 is 0 Å². The summed E-state index contributed by atoms with van der Waals surface area (Å²) in [5.74, 6) is -0.309. The highest BCUT2D eigenvalue weighted by Gasteiger charge is 2.22. The highest BCUT2D eigenvalue weighted by atomic mass is 16.5. The third-order valence-corrected chi connectivity index (χ3v) is 8.05. The molecule has 3 heterocycles. The van der Waals surface area contributed by atoms with E-state index in [0.29, 0.717) is 67.1 Å². The molecule has 0 radical (unpaired) electrons. The number of piperidine rings is 1. The van der Waals surface area contributed by atoms with Crippen LogP contribution in [0.2, 0.25) is 0 Å². The Hall–Kier alpha value is -4.50. The molecule has 9 nitrogen and oxygen atoms in total. The Kier molecular flexibility index (Phi) is 8.01. The van der Waals surface area contributed by atoms with Crippen molar-refractivity contribution in [1.29, 1.82) is 0 Å². The summed E-state index contributed by atoms with van der Waals surface area (Å²) in [5.41, 5.74) is 4.20. The first-order chi connectivity index (χ1) is 20.5. The highest BCUT2D eigenvalue weighted by molar-refractivity contribution is 6.07. The maximum absolute atomic E-state index is 13.4. The second kappa shape index (κ2) is 12.2. The largest absolute Gasteiger partial charge is 0.378 e. The Morgan fingerprint density at radius 2 is 1.60 bits per heavy atom. The van der Waals surface area contributed by atoms with Gasteiger partial charge in [-0.15, -0.1) is 0 Å². The number of amides is 2. The fourth-order valence-electron chi connectivity index (χ4n) is 5.69. The molecule has 1 N–H and O–H groups in total. The van der Waals surface area contributed by atoms with Crippen LogP contribution >= 0.6 is 0 Å². The van der Waals surface area contributed by atoms with Crippen molar-refractivity contribution < 1.29 is 14.3 Å². The summed E-state index contributed by atoms with van der Waals surface area (Å²) >= 11 is 0. The molecule has 1 aromatic heterocycles. The summed E-state index contributed by atoms with van der Waals surface area (Å²) in [6, 6.07) is 20.6. The van der Waals surface area contributed by atoms with E-state index in [4.69, 9.17) is 9.84 Å². The quantitative estimate of drug-likeness (QED) is 0.371. The predicted molar refractivity (Wildman–Crippen MR) is 164 cm³/mol. The number of aryl methyl sites for hydroxylation is 1. The van der Waals surface area contributed by atoms with Crippen LogP contribution in [0, 0.1) is 6.92 Å². The van der Waals surface area contributed by atoms with Crippen molar-refractivity contribution >= 4 is 34.0 Å². The number of hydrogen-bond acceptors (Lipinski definition) is 6. The number of hydrogen-bond donors (Lipinski definition) is 1. The molecule has 0 spiro atoms. The molecule has 216 valence electrons. The van der Waals surface area contributed by atoms with Crippen LogP contribution in [0.15, 0.2) is 71.5 Å². The van der Waals surface area contributed by atoms with Crippen LogP contribution in [0.5, 0.6) is 0 Å². The zero-order valence-electron chi connectivity index (χ0n) is 23.8. The van der Waals surface area contributed by atoms with Gasteiger partial charge in [0.2, 0.25) is 5.91 Å². The molecule has 42 heavy (non-hydrogen) atoms. The monoisotopic (exact) mass is 565 g/mol. The van der Waals surface area contributed by atoms with E-state index in [9.17, 15) is 14.4 Å². The van der Waals surface area contributed by atoms with Crippen LogP contribution < -0.4 is 15.8 Å². The lowest BCUT2D eigenvalue weighted by Gasteiger charge is -2.31. The number of morpholine rings is 1. The van der Waals surface area contributed by atoms with Gasteiger partial charge in [0.05, 0.1) is 35.7 Å². The summed E-state index contributed by atoms with van der Waals surface area (Å²) in [5, 5.41) is 9.06. The SMILES string of the molecule is Cc1ccc(C(=O)Nc2cc(-c3nn(CC(=O)N4CCCCC4)c(=O)c4ccccc34)ccc2N2CCOCC2)cc1. The van der Waals surface area contributed by atoms with Gasteiger partial charge in [-0.25, -0.2) is 4.68 Å². The first kappa shape index (κ1) is 27.7. The minimum Gasteiger partial charge on any atom is -0.378 e. The first-order valence-corrected chi connectivity index (χ1v) is 14.6. The summed E-state index contributed by atoms with van der Waals surface area (Å²) in [6.07, 6.45) is 3.07. The van der Waals surface area contributed by atoms with E-state index in [1.807, 2.05) is 72.5 Å². The van der Waals surface area contributed by atoms with Crippen molar-refractivity contribution in [1.82, 2.24) is 14.7 Å². The van der Waals surface area contributed by atoms with Gasteiger partial charge in [-0.3, -0.25) is 14.4 Å². The zero-order valence-corrected chi connectivity index (χ0v) is 23.8. The van der Waals surface area contributed by atoms with Gasteiger partial charge in [0.1, 0.15) is 6.54 Å². The van der Waals surface area contributed by atoms with Crippen molar-refractivity contribution in [2.45, 2.75) is 32.7 Å². The smallest absolute Gasteiger partial charge is 0.275 e. The van der Waals surface area contributed by atoms with E-state index in [0.717, 1.165) is 36.1 Å². The van der Waals surface area contributed by atoms with Crippen molar-refractivity contribution in [3.05, 3.63) is 88.2 Å². The maximum Gasteiger partial charge on any atom is 0.275 e. The second-order valence-electron chi connectivity index (χ2n) is 10.9. The Morgan fingerprint density at radius 3 is 2.33 bits per heavy atom. The van der Waals surface area contributed by atoms with Gasteiger partial charge in [-0.05, 0) is 56.5 Å². The molecule has 0 unspecified atom stereocenters. The number of carbonyl (C=O) groups is 2. The molecule has 0 atom stereocenters. The van der Waals surface area contributed by atoms with Crippen molar-refractivity contribution in [3.63, 3.8) is 0 Å². The van der Waals surface area contributed by atoms with Crippen LogP contribution in [-0.4, -0.2) is 65.9 Å². The number of likely N-dealkylation sites (tertiary alicyclic amines) is 1.